The van der Waals surface area contributed by atoms with Gasteiger partial charge in [-0.1, -0.05) is 12.8 Å². The average molecular weight is 387 g/mol. The lowest BCUT2D eigenvalue weighted by molar-refractivity contribution is -0.134. The van der Waals surface area contributed by atoms with Crippen molar-refractivity contribution in [2.24, 2.45) is 0 Å². The van der Waals surface area contributed by atoms with Gasteiger partial charge in [0.1, 0.15) is 11.2 Å². The number of nitrogens with one attached hydrogen (secondary N) is 2. The molecule has 1 aliphatic heterocycles. The highest BCUT2D eigenvalue weighted by atomic mass is 16.2. The number of imidazole rings is 1. The highest BCUT2D eigenvalue weighted by Gasteiger charge is 2.54. The molecular formula is C20H29N5O3. The minimum atomic E-state index is -0.972. The predicted octanol–water partition coefficient (Wildman–Crippen LogP) is 1.46. The normalized spacial score (nSPS) is 25.1. The molecule has 1 atom stereocenters. The fourth-order valence-corrected chi connectivity index (χ4v) is 4.46. The molecule has 8 nitrogen and oxygen atoms in total. The fraction of sp³-hybridized carbons (Fsp3) is 0.700. The molecule has 152 valence electrons. The van der Waals surface area contributed by atoms with Crippen LogP contribution in [0.3, 0.4) is 0 Å². The Hall–Kier alpha value is -2.38. The molecule has 2 aliphatic carbocycles. The van der Waals surface area contributed by atoms with Crippen molar-refractivity contribution in [2.45, 2.75) is 89.5 Å². The van der Waals surface area contributed by atoms with Crippen molar-refractivity contribution < 1.29 is 14.4 Å². The topological polar surface area (TPSA) is 96.3 Å². The molecule has 1 aromatic heterocycles. The molecule has 0 unspecified atom stereocenters. The third kappa shape index (κ3) is 3.18. The zero-order chi connectivity index (χ0) is 20.1. The fourth-order valence-electron chi connectivity index (χ4n) is 4.46. The number of amides is 3. The van der Waals surface area contributed by atoms with Gasteiger partial charge in [0.05, 0.1) is 12.9 Å². The number of hydrogen-bond donors (Lipinski definition) is 2. The van der Waals surface area contributed by atoms with E-state index >= 15 is 0 Å². The number of rotatable bonds is 5. The first-order valence-electron chi connectivity index (χ1n) is 10.3. The molecule has 4 rings (SSSR count). The zero-order valence-corrected chi connectivity index (χ0v) is 16.8. The van der Waals surface area contributed by atoms with Crippen molar-refractivity contribution in [2.75, 3.05) is 0 Å². The van der Waals surface area contributed by atoms with Crippen LogP contribution in [0.1, 0.15) is 80.3 Å². The summed E-state index contributed by atoms with van der Waals surface area (Å²) in [5.41, 5.74) is -0.542. The van der Waals surface area contributed by atoms with Crippen LogP contribution in [0.2, 0.25) is 0 Å². The van der Waals surface area contributed by atoms with Crippen molar-refractivity contribution in [1.82, 2.24) is 25.1 Å². The Kier molecular flexibility index (Phi) is 4.67. The van der Waals surface area contributed by atoms with E-state index in [0.717, 1.165) is 38.5 Å². The van der Waals surface area contributed by atoms with Gasteiger partial charge in [-0.3, -0.25) is 14.4 Å². The molecule has 28 heavy (non-hydrogen) atoms. The maximum Gasteiger partial charge on any atom is 0.274 e. The molecule has 3 aliphatic rings. The molecule has 1 aromatic rings. The molecule has 0 spiro atoms. The van der Waals surface area contributed by atoms with Gasteiger partial charge in [0.25, 0.3) is 11.8 Å². The number of fused-ring (bicyclic) bond motifs is 1. The molecule has 2 heterocycles. The smallest absolute Gasteiger partial charge is 0.274 e. The molecule has 3 amide bonds. The van der Waals surface area contributed by atoms with E-state index in [0.29, 0.717) is 6.54 Å². The quantitative estimate of drug-likeness (QED) is 0.799. The van der Waals surface area contributed by atoms with E-state index in [1.807, 2.05) is 20.8 Å². The standard InChI is InChI=1S/C20H29N5O3/c1-12(2)22-17(26)15-16-18(27)25(14-8-9-14)20(3,10-24(16)11-21-15)19(28)23-13-6-4-5-7-13/h11-14H,4-10H2,1-3H3,(H,22,26)(H,23,28)/t20-/m1/s1. The first-order chi connectivity index (χ1) is 13.3. The summed E-state index contributed by atoms with van der Waals surface area (Å²) in [6.45, 7) is 5.88. The van der Waals surface area contributed by atoms with Crippen molar-refractivity contribution in [1.29, 1.82) is 0 Å². The Morgan fingerprint density at radius 3 is 2.50 bits per heavy atom. The molecule has 2 fully saturated rings. The predicted molar refractivity (Wildman–Crippen MR) is 103 cm³/mol. The SMILES string of the molecule is CC(C)NC(=O)c1ncn2c1C(=O)N(C1CC1)[C@@](C)(C(=O)NC1CCCC1)C2. The first-order valence-corrected chi connectivity index (χ1v) is 10.3. The van der Waals surface area contributed by atoms with Crippen LogP contribution in [0.25, 0.3) is 0 Å². The molecule has 0 radical (unpaired) electrons. The summed E-state index contributed by atoms with van der Waals surface area (Å²) in [7, 11) is 0. The van der Waals surface area contributed by atoms with E-state index in [1.54, 1.807) is 9.47 Å². The summed E-state index contributed by atoms with van der Waals surface area (Å²) in [6.07, 6.45) is 7.54. The Morgan fingerprint density at radius 1 is 1.21 bits per heavy atom. The van der Waals surface area contributed by atoms with Crippen molar-refractivity contribution in [3.05, 3.63) is 17.7 Å². The Bertz CT molecular complexity index is 807. The molecule has 0 saturated heterocycles. The van der Waals surface area contributed by atoms with E-state index in [-0.39, 0.29) is 47.2 Å². The number of aromatic nitrogens is 2. The van der Waals surface area contributed by atoms with Gasteiger partial charge in [-0.15, -0.1) is 0 Å². The maximum atomic E-state index is 13.4. The molecule has 8 heteroatoms. The van der Waals surface area contributed by atoms with Crippen LogP contribution >= 0.6 is 0 Å². The number of carbonyl (C=O) groups is 3. The van der Waals surface area contributed by atoms with Gasteiger partial charge in [0.2, 0.25) is 5.91 Å². The molecule has 0 aromatic carbocycles. The van der Waals surface area contributed by atoms with Crippen LogP contribution in [0.15, 0.2) is 6.33 Å². The third-order valence-electron chi connectivity index (χ3n) is 6.00. The Labute approximate surface area is 165 Å². The molecule has 0 bridgehead atoms. The Morgan fingerprint density at radius 2 is 1.89 bits per heavy atom. The van der Waals surface area contributed by atoms with Gasteiger partial charge in [-0.05, 0) is 46.5 Å². The third-order valence-corrected chi connectivity index (χ3v) is 6.00. The summed E-state index contributed by atoms with van der Waals surface area (Å²) < 4.78 is 1.67. The molecule has 2 saturated carbocycles. The van der Waals surface area contributed by atoms with Crippen molar-refractivity contribution in [3.8, 4) is 0 Å². The highest BCUT2D eigenvalue weighted by molar-refractivity contribution is 6.07. The van der Waals surface area contributed by atoms with Crippen LogP contribution in [-0.2, 0) is 11.3 Å². The van der Waals surface area contributed by atoms with Gasteiger partial charge in [0, 0.05) is 18.1 Å². The van der Waals surface area contributed by atoms with E-state index in [2.05, 4.69) is 15.6 Å². The second kappa shape index (κ2) is 6.90. The van der Waals surface area contributed by atoms with Gasteiger partial charge < -0.3 is 20.1 Å². The van der Waals surface area contributed by atoms with Crippen LogP contribution in [-0.4, -0.2) is 55.8 Å². The van der Waals surface area contributed by atoms with E-state index < -0.39 is 5.54 Å². The Balaban J connectivity index is 1.66. The molecule has 2 N–H and O–H groups in total. The van der Waals surface area contributed by atoms with Crippen LogP contribution in [0.5, 0.6) is 0 Å². The summed E-state index contributed by atoms with van der Waals surface area (Å²) in [6, 6.07) is 0.194. The minimum absolute atomic E-state index is 0.0504. The number of carbonyl (C=O) groups excluding carboxylic acids is 3. The lowest BCUT2D eigenvalue weighted by atomic mass is 9.93. The summed E-state index contributed by atoms with van der Waals surface area (Å²) in [5.74, 6) is -0.733. The first kappa shape index (κ1) is 19.0. The van der Waals surface area contributed by atoms with Crippen LogP contribution < -0.4 is 10.6 Å². The van der Waals surface area contributed by atoms with Crippen molar-refractivity contribution >= 4 is 17.7 Å². The van der Waals surface area contributed by atoms with E-state index in [9.17, 15) is 14.4 Å². The van der Waals surface area contributed by atoms with Gasteiger partial charge in [-0.2, -0.15) is 0 Å². The van der Waals surface area contributed by atoms with Crippen molar-refractivity contribution in [3.63, 3.8) is 0 Å². The largest absolute Gasteiger partial charge is 0.351 e. The number of nitrogens with zero attached hydrogens (tertiary/aromatic N) is 3. The summed E-state index contributed by atoms with van der Waals surface area (Å²) in [5, 5.41) is 5.97. The van der Waals surface area contributed by atoms with Gasteiger partial charge >= 0.3 is 0 Å². The van der Waals surface area contributed by atoms with Gasteiger partial charge in [0.15, 0.2) is 5.69 Å². The lowest BCUT2D eigenvalue weighted by Gasteiger charge is -2.44. The second-order valence-corrected chi connectivity index (χ2v) is 8.83. The van der Waals surface area contributed by atoms with Crippen LogP contribution in [0, 0.1) is 0 Å². The zero-order valence-electron chi connectivity index (χ0n) is 16.8. The summed E-state index contributed by atoms with van der Waals surface area (Å²) >= 11 is 0. The number of hydrogen-bond acceptors (Lipinski definition) is 4. The van der Waals surface area contributed by atoms with E-state index in [1.165, 1.54) is 6.33 Å². The lowest BCUT2D eigenvalue weighted by Crippen LogP contribution is -2.65. The highest BCUT2D eigenvalue weighted by Crippen LogP contribution is 2.39. The second-order valence-electron chi connectivity index (χ2n) is 8.83. The van der Waals surface area contributed by atoms with E-state index in [4.69, 9.17) is 0 Å². The monoisotopic (exact) mass is 387 g/mol. The average Bonchev–Trinajstić information content (AvgIpc) is 3.14. The van der Waals surface area contributed by atoms with Crippen LogP contribution in [0.4, 0.5) is 0 Å². The summed E-state index contributed by atoms with van der Waals surface area (Å²) in [4.78, 5) is 45.1. The van der Waals surface area contributed by atoms with Gasteiger partial charge in [-0.25, -0.2) is 4.98 Å². The maximum absolute atomic E-state index is 13.4. The minimum Gasteiger partial charge on any atom is -0.351 e. The molecular weight excluding hydrogens is 358 g/mol.